The maximum absolute atomic E-state index is 12.3. The minimum atomic E-state index is -0.102. The molecule has 0 saturated carbocycles. The number of benzene rings is 1. The second-order valence-electron chi connectivity index (χ2n) is 5.28. The fourth-order valence-electron chi connectivity index (χ4n) is 2.52. The summed E-state index contributed by atoms with van der Waals surface area (Å²) in [6.07, 6.45) is 3.20. The predicted molar refractivity (Wildman–Crippen MR) is 79.6 cm³/mol. The van der Waals surface area contributed by atoms with E-state index in [9.17, 15) is 4.79 Å². The monoisotopic (exact) mass is 280 g/mol. The van der Waals surface area contributed by atoms with E-state index in [-0.39, 0.29) is 11.9 Å². The van der Waals surface area contributed by atoms with Crippen LogP contribution in [-0.4, -0.2) is 18.5 Å². The lowest BCUT2D eigenvalue weighted by Gasteiger charge is -2.29. The van der Waals surface area contributed by atoms with E-state index in [1.807, 2.05) is 25.1 Å². The SMILES string of the molecule is CCC1CCNC(C(=O)Nc2cc(C)ccc2Cl)C1. The smallest absolute Gasteiger partial charge is 0.241 e. The standard InChI is InChI=1S/C15H21ClN2O/c1-3-11-6-7-17-14(9-11)15(19)18-13-8-10(2)4-5-12(13)16/h4-5,8,11,14,17H,3,6-7,9H2,1-2H3,(H,18,19). The third-order valence-corrected chi connectivity index (χ3v) is 4.12. The molecule has 4 heteroatoms. The van der Waals surface area contributed by atoms with Crippen LogP contribution in [0.15, 0.2) is 18.2 Å². The van der Waals surface area contributed by atoms with Crippen LogP contribution in [0.2, 0.25) is 5.02 Å². The number of hydrogen-bond donors (Lipinski definition) is 2. The number of aryl methyl sites for hydroxylation is 1. The molecule has 2 rings (SSSR count). The van der Waals surface area contributed by atoms with Crippen molar-refractivity contribution in [1.29, 1.82) is 0 Å². The van der Waals surface area contributed by atoms with Crippen molar-refractivity contribution in [2.24, 2.45) is 5.92 Å². The van der Waals surface area contributed by atoms with Crippen molar-refractivity contribution >= 4 is 23.2 Å². The van der Waals surface area contributed by atoms with E-state index in [0.717, 1.165) is 31.4 Å². The van der Waals surface area contributed by atoms with Crippen LogP contribution >= 0.6 is 11.6 Å². The number of anilines is 1. The number of piperidine rings is 1. The Hall–Kier alpha value is -1.06. The first-order valence-corrected chi connectivity index (χ1v) is 7.28. The Morgan fingerprint density at radius 2 is 2.32 bits per heavy atom. The summed E-state index contributed by atoms with van der Waals surface area (Å²) in [7, 11) is 0. The summed E-state index contributed by atoms with van der Waals surface area (Å²) in [6.45, 7) is 5.08. The number of hydrogen-bond acceptors (Lipinski definition) is 2. The Bertz CT molecular complexity index is 461. The van der Waals surface area contributed by atoms with E-state index in [1.165, 1.54) is 0 Å². The fourth-order valence-corrected chi connectivity index (χ4v) is 2.69. The molecule has 0 aromatic heterocycles. The number of rotatable bonds is 3. The van der Waals surface area contributed by atoms with Crippen LogP contribution in [0, 0.1) is 12.8 Å². The zero-order valence-electron chi connectivity index (χ0n) is 11.5. The van der Waals surface area contributed by atoms with Crippen molar-refractivity contribution in [3.63, 3.8) is 0 Å². The van der Waals surface area contributed by atoms with Gasteiger partial charge in [0.2, 0.25) is 5.91 Å². The highest BCUT2D eigenvalue weighted by molar-refractivity contribution is 6.33. The minimum absolute atomic E-state index is 0.0191. The van der Waals surface area contributed by atoms with Crippen LogP contribution in [-0.2, 0) is 4.79 Å². The largest absolute Gasteiger partial charge is 0.323 e. The molecule has 0 aliphatic carbocycles. The van der Waals surface area contributed by atoms with Gasteiger partial charge in [0, 0.05) is 0 Å². The maximum Gasteiger partial charge on any atom is 0.241 e. The van der Waals surface area contributed by atoms with E-state index < -0.39 is 0 Å². The average molecular weight is 281 g/mol. The van der Waals surface area contributed by atoms with E-state index >= 15 is 0 Å². The van der Waals surface area contributed by atoms with Gasteiger partial charge in [-0.05, 0) is 49.9 Å². The third kappa shape index (κ3) is 3.71. The molecule has 1 aliphatic heterocycles. The summed E-state index contributed by atoms with van der Waals surface area (Å²) in [4.78, 5) is 12.3. The van der Waals surface area contributed by atoms with Gasteiger partial charge in [0.25, 0.3) is 0 Å². The van der Waals surface area contributed by atoms with Crippen LogP contribution in [0.5, 0.6) is 0 Å². The number of amides is 1. The lowest BCUT2D eigenvalue weighted by molar-refractivity contribution is -0.119. The van der Waals surface area contributed by atoms with Gasteiger partial charge in [-0.15, -0.1) is 0 Å². The van der Waals surface area contributed by atoms with Crippen LogP contribution in [0.4, 0.5) is 5.69 Å². The third-order valence-electron chi connectivity index (χ3n) is 3.79. The quantitative estimate of drug-likeness (QED) is 0.891. The lowest BCUT2D eigenvalue weighted by Crippen LogP contribution is -2.46. The Morgan fingerprint density at radius 1 is 1.53 bits per heavy atom. The molecule has 0 radical (unpaired) electrons. The highest BCUT2D eigenvalue weighted by atomic mass is 35.5. The zero-order chi connectivity index (χ0) is 13.8. The second kappa shape index (κ2) is 6.40. The molecule has 1 heterocycles. The van der Waals surface area contributed by atoms with Gasteiger partial charge in [0.1, 0.15) is 0 Å². The molecule has 2 N–H and O–H groups in total. The first-order valence-electron chi connectivity index (χ1n) is 6.90. The molecule has 1 aromatic carbocycles. The van der Waals surface area contributed by atoms with Crippen LogP contribution in [0.25, 0.3) is 0 Å². The van der Waals surface area contributed by atoms with Crippen LogP contribution < -0.4 is 10.6 Å². The van der Waals surface area contributed by atoms with Gasteiger partial charge >= 0.3 is 0 Å². The van der Waals surface area contributed by atoms with Gasteiger partial charge in [-0.25, -0.2) is 0 Å². The Morgan fingerprint density at radius 3 is 3.05 bits per heavy atom. The van der Waals surface area contributed by atoms with Crippen molar-refractivity contribution in [2.75, 3.05) is 11.9 Å². The zero-order valence-corrected chi connectivity index (χ0v) is 12.3. The van der Waals surface area contributed by atoms with E-state index in [0.29, 0.717) is 16.6 Å². The highest BCUT2D eigenvalue weighted by Crippen LogP contribution is 2.24. The van der Waals surface area contributed by atoms with Crippen molar-refractivity contribution in [3.8, 4) is 0 Å². The average Bonchev–Trinajstić information content (AvgIpc) is 2.43. The summed E-state index contributed by atoms with van der Waals surface area (Å²) in [5.41, 5.74) is 1.79. The van der Waals surface area contributed by atoms with Gasteiger partial charge in [-0.1, -0.05) is 31.0 Å². The molecule has 2 atom stereocenters. The summed E-state index contributed by atoms with van der Waals surface area (Å²) < 4.78 is 0. The molecule has 104 valence electrons. The Balaban J connectivity index is 2.02. The summed E-state index contributed by atoms with van der Waals surface area (Å²) in [5.74, 6) is 0.663. The number of carbonyl (C=O) groups is 1. The van der Waals surface area contributed by atoms with Crippen molar-refractivity contribution < 1.29 is 4.79 Å². The fraction of sp³-hybridized carbons (Fsp3) is 0.533. The molecular formula is C15H21ClN2O. The van der Waals surface area contributed by atoms with Crippen LogP contribution in [0.3, 0.4) is 0 Å². The summed E-state index contributed by atoms with van der Waals surface area (Å²) in [5, 5.41) is 6.80. The minimum Gasteiger partial charge on any atom is -0.323 e. The number of carbonyl (C=O) groups excluding carboxylic acids is 1. The van der Waals surface area contributed by atoms with E-state index in [4.69, 9.17) is 11.6 Å². The van der Waals surface area contributed by atoms with E-state index in [2.05, 4.69) is 17.6 Å². The first-order chi connectivity index (χ1) is 9.10. The summed E-state index contributed by atoms with van der Waals surface area (Å²) >= 11 is 6.10. The topological polar surface area (TPSA) is 41.1 Å². The van der Waals surface area contributed by atoms with Crippen molar-refractivity contribution in [2.45, 2.75) is 39.2 Å². The maximum atomic E-state index is 12.3. The predicted octanol–water partition coefficient (Wildman–Crippen LogP) is 3.37. The molecule has 1 aromatic rings. The molecule has 2 unspecified atom stereocenters. The Labute approximate surface area is 119 Å². The second-order valence-corrected chi connectivity index (χ2v) is 5.69. The summed E-state index contributed by atoms with van der Waals surface area (Å²) in [6, 6.07) is 5.55. The van der Waals surface area contributed by atoms with Gasteiger partial charge < -0.3 is 10.6 Å². The van der Waals surface area contributed by atoms with Gasteiger partial charge in [0.15, 0.2) is 0 Å². The van der Waals surface area contributed by atoms with Gasteiger partial charge in [-0.2, -0.15) is 0 Å². The van der Waals surface area contributed by atoms with Crippen LogP contribution in [0.1, 0.15) is 31.7 Å². The first kappa shape index (κ1) is 14.4. The van der Waals surface area contributed by atoms with Crippen molar-refractivity contribution in [1.82, 2.24) is 5.32 Å². The lowest BCUT2D eigenvalue weighted by atomic mass is 9.90. The van der Waals surface area contributed by atoms with E-state index in [1.54, 1.807) is 0 Å². The normalized spacial score (nSPS) is 23.1. The van der Waals surface area contributed by atoms with Gasteiger partial charge in [-0.3, -0.25) is 4.79 Å². The molecule has 1 fully saturated rings. The highest BCUT2D eigenvalue weighted by Gasteiger charge is 2.26. The molecule has 1 aliphatic rings. The molecule has 3 nitrogen and oxygen atoms in total. The molecule has 1 amide bonds. The molecular weight excluding hydrogens is 260 g/mol. The number of nitrogens with one attached hydrogen (secondary N) is 2. The van der Waals surface area contributed by atoms with Gasteiger partial charge in [0.05, 0.1) is 16.8 Å². The molecule has 1 saturated heterocycles. The number of halogens is 1. The van der Waals surface area contributed by atoms with Crippen molar-refractivity contribution in [3.05, 3.63) is 28.8 Å². The Kier molecular flexibility index (Phi) is 4.83. The molecule has 19 heavy (non-hydrogen) atoms. The molecule has 0 bridgehead atoms. The molecule has 0 spiro atoms.